The van der Waals surface area contributed by atoms with Crippen LogP contribution < -0.4 is 5.73 Å². The van der Waals surface area contributed by atoms with Crippen molar-refractivity contribution in [2.24, 2.45) is 0 Å². The van der Waals surface area contributed by atoms with Crippen LogP contribution in [0.3, 0.4) is 0 Å². The fourth-order valence-corrected chi connectivity index (χ4v) is 1.40. The lowest BCUT2D eigenvalue weighted by atomic mass is 10.1. The molecule has 12 heavy (non-hydrogen) atoms. The van der Waals surface area contributed by atoms with Crippen molar-refractivity contribution in [3.05, 3.63) is 21.7 Å². The van der Waals surface area contributed by atoms with Crippen LogP contribution in [0.25, 0.3) is 0 Å². The van der Waals surface area contributed by atoms with E-state index in [0.29, 0.717) is 21.3 Å². The van der Waals surface area contributed by atoms with Crippen LogP contribution in [0.1, 0.15) is 11.1 Å². The Hall–Kier alpha value is -1.21. The molecule has 0 aliphatic carbocycles. The molecule has 62 valence electrons. The summed E-state index contributed by atoms with van der Waals surface area (Å²) in [5.41, 5.74) is 6.79. The predicted octanol–water partition coefficient (Wildman–Crippen LogP) is 1.92. The smallest absolute Gasteiger partial charge is 0.134 e. The van der Waals surface area contributed by atoms with Crippen molar-refractivity contribution in [1.29, 1.82) is 5.26 Å². The Bertz CT molecular complexity index is 368. The number of rotatable bonds is 0. The van der Waals surface area contributed by atoms with E-state index >= 15 is 0 Å². The Balaban J connectivity index is 3.52. The summed E-state index contributed by atoms with van der Waals surface area (Å²) in [6, 6.07) is 3.44. The fourth-order valence-electron chi connectivity index (χ4n) is 0.874. The largest absolute Gasteiger partial charge is 0.506 e. The number of nitrogen functional groups attached to an aromatic ring is 1. The molecular formula is C8H7BrN2O. The molecule has 0 atom stereocenters. The van der Waals surface area contributed by atoms with Gasteiger partial charge in [0.1, 0.15) is 11.8 Å². The van der Waals surface area contributed by atoms with E-state index in [0.717, 1.165) is 0 Å². The molecular weight excluding hydrogens is 220 g/mol. The Morgan fingerprint density at radius 2 is 2.25 bits per heavy atom. The standard InChI is InChI=1S/C8H7BrN2O/c1-4-7(11)5(3-10)2-6(9)8(4)12/h2,12H,11H2,1H3. The van der Waals surface area contributed by atoms with Crippen molar-refractivity contribution in [2.75, 3.05) is 5.73 Å². The monoisotopic (exact) mass is 226 g/mol. The Kier molecular flexibility index (Phi) is 2.25. The van der Waals surface area contributed by atoms with E-state index in [2.05, 4.69) is 15.9 Å². The molecule has 0 unspecified atom stereocenters. The van der Waals surface area contributed by atoms with Crippen LogP contribution in [0.15, 0.2) is 10.5 Å². The molecule has 3 N–H and O–H groups in total. The molecule has 0 aliphatic heterocycles. The van der Waals surface area contributed by atoms with E-state index in [4.69, 9.17) is 11.0 Å². The lowest BCUT2D eigenvalue weighted by molar-refractivity contribution is 0.468. The Morgan fingerprint density at radius 1 is 1.67 bits per heavy atom. The minimum Gasteiger partial charge on any atom is -0.506 e. The average Bonchev–Trinajstić information content (AvgIpc) is 2.08. The minimum atomic E-state index is 0.0894. The van der Waals surface area contributed by atoms with Crippen LogP contribution in [0.5, 0.6) is 5.75 Å². The van der Waals surface area contributed by atoms with E-state index in [1.165, 1.54) is 6.07 Å². The number of hydrogen-bond acceptors (Lipinski definition) is 3. The maximum atomic E-state index is 9.37. The van der Waals surface area contributed by atoms with Crippen LogP contribution in [-0.2, 0) is 0 Å². The molecule has 0 saturated heterocycles. The second kappa shape index (κ2) is 3.03. The van der Waals surface area contributed by atoms with Gasteiger partial charge in [0.2, 0.25) is 0 Å². The van der Waals surface area contributed by atoms with E-state index in [-0.39, 0.29) is 5.75 Å². The summed E-state index contributed by atoms with van der Waals surface area (Å²) in [5, 5.41) is 18.0. The van der Waals surface area contributed by atoms with Gasteiger partial charge >= 0.3 is 0 Å². The van der Waals surface area contributed by atoms with Crippen LogP contribution in [0.4, 0.5) is 5.69 Å². The molecule has 1 rings (SSSR count). The van der Waals surface area contributed by atoms with Gasteiger partial charge in [-0.1, -0.05) is 0 Å². The van der Waals surface area contributed by atoms with Crippen molar-refractivity contribution in [2.45, 2.75) is 6.92 Å². The number of aromatic hydroxyl groups is 1. The normalized spacial score (nSPS) is 9.42. The summed E-state index contributed by atoms with van der Waals surface area (Å²) in [7, 11) is 0. The molecule has 3 nitrogen and oxygen atoms in total. The van der Waals surface area contributed by atoms with Crippen molar-refractivity contribution in [1.82, 2.24) is 0 Å². The zero-order valence-corrected chi connectivity index (χ0v) is 8.01. The zero-order chi connectivity index (χ0) is 9.30. The summed E-state index contributed by atoms with van der Waals surface area (Å²) in [5.74, 6) is 0.0894. The summed E-state index contributed by atoms with van der Waals surface area (Å²) < 4.78 is 0.491. The fraction of sp³-hybridized carbons (Fsp3) is 0.125. The van der Waals surface area contributed by atoms with Gasteiger partial charge in [-0.2, -0.15) is 5.26 Å². The summed E-state index contributed by atoms with van der Waals surface area (Å²) in [4.78, 5) is 0. The lowest BCUT2D eigenvalue weighted by Gasteiger charge is -2.06. The first-order valence-corrected chi connectivity index (χ1v) is 4.05. The highest BCUT2D eigenvalue weighted by Gasteiger charge is 2.09. The number of benzene rings is 1. The SMILES string of the molecule is Cc1c(N)c(C#N)cc(Br)c1O. The van der Waals surface area contributed by atoms with Crippen LogP contribution >= 0.6 is 15.9 Å². The summed E-state index contributed by atoms with van der Waals surface area (Å²) in [6.45, 7) is 1.66. The third-order valence-corrected chi connectivity index (χ3v) is 2.27. The molecule has 0 amide bonds. The first-order chi connectivity index (χ1) is 5.57. The first-order valence-electron chi connectivity index (χ1n) is 3.25. The molecule has 0 saturated carbocycles. The second-order valence-corrected chi connectivity index (χ2v) is 3.26. The van der Waals surface area contributed by atoms with Crippen LogP contribution in [0, 0.1) is 18.3 Å². The van der Waals surface area contributed by atoms with Gasteiger partial charge in [0, 0.05) is 5.56 Å². The van der Waals surface area contributed by atoms with Gasteiger partial charge in [0.25, 0.3) is 0 Å². The lowest BCUT2D eigenvalue weighted by Crippen LogP contribution is -1.94. The topological polar surface area (TPSA) is 70.0 Å². The molecule has 0 aliphatic rings. The minimum absolute atomic E-state index is 0.0894. The highest BCUT2D eigenvalue weighted by molar-refractivity contribution is 9.10. The Labute approximate surface area is 78.6 Å². The van der Waals surface area contributed by atoms with Crippen LogP contribution in [0.2, 0.25) is 0 Å². The molecule has 4 heteroatoms. The van der Waals surface area contributed by atoms with Gasteiger partial charge in [-0.05, 0) is 28.9 Å². The summed E-state index contributed by atoms with van der Waals surface area (Å²) in [6.07, 6.45) is 0. The molecule has 0 spiro atoms. The molecule has 0 bridgehead atoms. The van der Waals surface area contributed by atoms with Gasteiger partial charge in [0.05, 0.1) is 15.7 Å². The van der Waals surface area contributed by atoms with Crippen molar-refractivity contribution in [3.63, 3.8) is 0 Å². The van der Waals surface area contributed by atoms with E-state index in [1.807, 2.05) is 6.07 Å². The maximum Gasteiger partial charge on any atom is 0.134 e. The maximum absolute atomic E-state index is 9.37. The molecule has 0 aromatic heterocycles. The number of halogens is 1. The highest BCUT2D eigenvalue weighted by atomic mass is 79.9. The second-order valence-electron chi connectivity index (χ2n) is 2.41. The van der Waals surface area contributed by atoms with Gasteiger partial charge < -0.3 is 10.8 Å². The molecule has 1 aromatic carbocycles. The van der Waals surface area contributed by atoms with E-state index in [1.54, 1.807) is 6.92 Å². The van der Waals surface area contributed by atoms with Gasteiger partial charge in [-0.25, -0.2) is 0 Å². The van der Waals surface area contributed by atoms with Crippen molar-refractivity contribution in [3.8, 4) is 11.8 Å². The van der Waals surface area contributed by atoms with Gasteiger partial charge in [-0.3, -0.25) is 0 Å². The molecule has 0 fully saturated rings. The van der Waals surface area contributed by atoms with Gasteiger partial charge in [-0.15, -0.1) is 0 Å². The predicted molar refractivity (Wildman–Crippen MR) is 49.7 cm³/mol. The third kappa shape index (κ3) is 1.23. The van der Waals surface area contributed by atoms with E-state index in [9.17, 15) is 5.11 Å². The molecule has 0 radical (unpaired) electrons. The molecule has 1 aromatic rings. The number of anilines is 1. The number of nitrogens with zero attached hydrogens (tertiary/aromatic N) is 1. The Morgan fingerprint density at radius 3 is 2.75 bits per heavy atom. The van der Waals surface area contributed by atoms with Crippen LogP contribution in [-0.4, -0.2) is 5.11 Å². The number of nitriles is 1. The van der Waals surface area contributed by atoms with Gasteiger partial charge in [0.15, 0.2) is 0 Å². The molecule has 0 heterocycles. The number of phenolic OH excluding ortho intramolecular Hbond substituents is 1. The van der Waals surface area contributed by atoms with Crippen molar-refractivity contribution >= 4 is 21.6 Å². The number of nitrogens with two attached hydrogens (primary N) is 1. The number of hydrogen-bond donors (Lipinski definition) is 2. The highest BCUT2D eigenvalue weighted by Crippen LogP contribution is 2.33. The first kappa shape index (κ1) is 8.88. The van der Waals surface area contributed by atoms with Crippen molar-refractivity contribution < 1.29 is 5.11 Å². The van der Waals surface area contributed by atoms with E-state index < -0.39 is 0 Å². The summed E-state index contributed by atoms with van der Waals surface area (Å²) >= 11 is 3.12. The third-order valence-electron chi connectivity index (χ3n) is 1.67. The zero-order valence-electron chi connectivity index (χ0n) is 6.43. The number of phenols is 1. The average molecular weight is 227 g/mol. The quantitative estimate of drug-likeness (QED) is 0.665.